The molecule has 8 heteroatoms. The Bertz CT molecular complexity index is 856. The number of para-hydroxylation sites is 1. The van der Waals surface area contributed by atoms with E-state index in [1.165, 1.54) is 20.1 Å². The normalized spacial score (nSPS) is 12.3. The van der Waals surface area contributed by atoms with Gasteiger partial charge in [0.05, 0.1) is 19.1 Å². The van der Waals surface area contributed by atoms with Gasteiger partial charge in [-0.2, -0.15) is 0 Å². The summed E-state index contributed by atoms with van der Waals surface area (Å²) < 4.78 is 30.9. The third-order valence-electron chi connectivity index (χ3n) is 3.51. The number of methoxy groups -OCH3 is 1. The van der Waals surface area contributed by atoms with Gasteiger partial charge in [-0.3, -0.25) is 9.10 Å². The summed E-state index contributed by atoms with van der Waals surface area (Å²) in [5.41, 5.74) is 0.777. The number of hydrogen-bond donors (Lipinski definition) is 1. The molecule has 0 saturated heterocycles. The maximum absolute atomic E-state index is 12.6. The minimum atomic E-state index is -3.77. The lowest BCUT2D eigenvalue weighted by atomic mass is 10.2. The van der Waals surface area contributed by atoms with E-state index in [0.29, 0.717) is 16.5 Å². The molecule has 0 spiro atoms. The van der Waals surface area contributed by atoms with Crippen molar-refractivity contribution in [3.05, 3.63) is 53.6 Å². The van der Waals surface area contributed by atoms with Gasteiger partial charge in [-0.15, -0.1) is 0 Å². The van der Waals surface area contributed by atoms with Gasteiger partial charge in [-0.25, -0.2) is 8.42 Å². The summed E-state index contributed by atoms with van der Waals surface area (Å²) in [6.07, 6.45) is 1.03. The molecule has 0 bridgehead atoms. The number of sulfonamides is 1. The number of hydrogen-bond acceptors (Lipinski definition) is 4. The first-order chi connectivity index (χ1) is 11.7. The van der Waals surface area contributed by atoms with Crippen molar-refractivity contribution in [3.63, 3.8) is 0 Å². The van der Waals surface area contributed by atoms with E-state index in [1.54, 1.807) is 36.4 Å². The lowest BCUT2D eigenvalue weighted by Gasteiger charge is -2.29. The van der Waals surface area contributed by atoms with Crippen molar-refractivity contribution in [1.29, 1.82) is 0 Å². The second-order valence-electron chi connectivity index (χ2n) is 5.41. The van der Waals surface area contributed by atoms with Crippen molar-refractivity contribution in [1.82, 2.24) is 0 Å². The van der Waals surface area contributed by atoms with Crippen LogP contribution in [0.1, 0.15) is 6.92 Å². The van der Waals surface area contributed by atoms with Gasteiger partial charge in [0.15, 0.2) is 0 Å². The Morgan fingerprint density at radius 3 is 2.40 bits per heavy atom. The number of ether oxygens (including phenoxy) is 1. The average molecular weight is 383 g/mol. The molecule has 134 valence electrons. The maximum Gasteiger partial charge on any atom is 0.247 e. The Hall–Kier alpha value is -2.25. The molecule has 2 rings (SSSR count). The molecule has 0 fully saturated rings. The molecule has 0 aromatic heterocycles. The van der Waals surface area contributed by atoms with E-state index >= 15 is 0 Å². The number of rotatable bonds is 6. The zero-order valence-corrected chi connectivity index (χ0v) is 15.6. The van der Waals surface area contributed by atoms with Crippen molar-refractivity contribution in [3.8, 4) is 5.75 Å². The highest BCUT2D eigenvalue weighted by Crippen LogP contribution is 2.34. The first kappa shape index (κ1) is 19.1. The largest absolute Gasteiger partial charge is 0.495 e. The van der Waals surface area contributed by atoms with Gasteiger partial charge in [0.25, 0.3) is 0 Å². The van der Waals surface area contributed by atoms with Crippen molar-refractivity contribution in [2.24, 2.45) is 0 Å². The zero-order valence-electron chi connectivity index (χ0n) is 14.1. The third kappa shape index (κ3) is 4.64. The SMILES string of the molecule is COc1ccc(Cl)cc1N([C@H](C)C(=O)Nc1ccccc1)S(C)(=O)=O. The van der Waals surface area contributed by atoms with Crippen molar-refractivity contribution >= 4 is 38.9 Å². The summed E-state index contributed by atoms with van der Waals surface area (Å²) >= 11 is 6.00. The van der Waals surface area contributed by atoms with Crippen LogP contribution < -0.4 is 14.4 Å². The highest BCUT2D eigenvalue weighted by molar-refractivity contribution is 7.92. The third-order valence-corrected chi connectivity index (χ3v) is 4.97. The minimum absolute atomic E-state index is 0.202. The molecule has 6 nitrogen and oxygen atoms in total. The monoisotopic (exact) mass is 382 g/mol. The Balaban J connectivity index is 2.41. The molecule has 0 aliphatic heterocycles. The van der Waals surface area contributed by atoms with Gasteiger partial charge in [0, 0.05) is 10.7 Å². The number of anilines is 2. The molecule has 2 aromatic rings. The van der Waals surface area contributed by atoms with Crippen LogP contribution in [-0.2, 0) is 14.8 Å². The van der Waals surface area contributed by atoms with Crippen LogP contribution in [0.4, 0.5) is 11.4 Å². The number of carbonyl (C=O) groups excluding carboxylic acids is 1. The molecular weight excluding hydrogens is 364 g/mol. The van der Waals surface area contributed by atoms with Crippen molar-refractivity contribution in [2.45, 2.75) is 13.0 Å². The van der Waals surface area contributed by atoms with Crippen molar-refractivity contribution < 1.29 is 17.9 Å². The number of nitrogens with one attached hydrogen (secondary N) is 1. The number of amides is 1. The lowest BCUT2D eigenvalue weighted by molar-refractivity contribution is -0.116. The molecule has 0 unspecified atom stereocenters. The standard InChI is InChI=1S/C17H19ClN2O4S/c1-12(17(21)19-14-7-5-4-6-8-14)20(25(3,22)23)15-11-13(18)9-10-16(15)24-2/h4-12H,1-3H3,(H,19,21)/t12-/m1/s1. The summed E-state index contributed by atoms with van der Waals surface area (Å²) in [4.78, 5) is 12.6. The van der Waals surface area contributed by atoms with E-state index in [9.17, 15) is 13.2 Å². The molecule has 0 heterocycles. The number of carbonyl (C=O) groups is 1. The predicted octanol–water partition coefficient (Wildman–Crippen LogP) is 3.14. The van der Waals surface area contributed by atoms with Gasteiger partial charge in [0.1, 0.15) is 11.8 Å². The predicted molar refractivity (Wildman–Crippen MR) is 99.9 cm³/mol. The Morgan fingerprint density at radius 2 is 1.84 bits per heavy atom. The summed E-state index contributed by atoms with van der Waals surface area (Å²) in [5.74, 6) is -0.173. The molecule has 0 saturated carbocycles. The van der Waals surface area contributed by atoms with Crippen LogP contribution in [0.25, 0.3) is 0 Å². The lowest BCUT2D eigenvalue weighted by Crippen LogP contribution is -2.45. The molecule has 0 radical (unpaired) electrons. The van der Waals surface area contributed by atoms with Crippen LogP contribution in [0.3, 0.4) is 0 Å². The molecule has 1 N–H and O–H groups in total. The van der Waals surface area contributed by atoms with Crippen LogP contribution in [-0.4, -0.2) is 33.7 Å². The molecular formula is C17H19ClN2O4S. The van der Waals surface area contributed by atoms with Crippen LogP contribution >= 0.6 is 11.6 Å². The van der Waals surface area contributed by atoms with Crippen molar-refractivity contribution in [2.75, 3.05) is 23.0 Å². The van der Waals surface area contributed by atoms with Gasteiger partial charge in [0.2, 0.25) is 15.9 Å². The fourth-order valence-electron chi connectivity index (χ4n) is 2.38. The second-order valence-corrected chi connectivity index (χ2v) is 7.70. The summed E-state index contributed by atoms with van der Waals surface area (Å²) in [6, 6.07) is 12.4. The van der Waals surface area contributed by atoms with E-state index in [1.807, 2.05) is 6.07 Å². The quantitative estimate of drug-likeness (QED) is 0.832. The van der Waals surface area contributed by atoms with E-state index < -0.39 is 22.0 Å². The topological polar surface area (TPSA) is 75.7 Å². The maximum atomic E-state index is 12.6. The number of nitrogens with zero attached hydrogens (tertiary/aromatic N) is 1. The van der Waals surface area contributed by atoms with Crippen LogP contribution in [0.2, 0.25) is 5.02 Å². The number of halogens is 1. The molecule has 0 aliphatic rings. The zero-order chi connectivity index (χ0) is 18.6. The second kappa shape index (κ2) is 7.76. The van der Waals surface area contributed by atoms with Gasteiger partial charge >= 0.3 is 0 Å². The molecule has 2 aromatic carbocycles. The Kier molecular flexibility index (Phi) is 5.92. The van der Waals surface area contributed by atoms with E-state index in [4.69, 9.17) is 16.3 Å². The van der Waals surface area contributed by atoms with Crippen LogP contribution in [0, 0.1) is 0 Å². The summed E-state index contributed by atoms with van der Waals surface area (Å²) in [5, 5.41) is 3.03. The number of benzene rings is 2. The van der Waals surface area contributed by atoms with E-state index in [-0.39, 0.29) is 5.69 Å². The highest BCUT2D eigenvalue weighted by atomic mass is 35.5. The Morgan fingerprint density at radius 1 is 1.20 bits per heavy atom. The van der Waals surface area contributed by atoms with Gasteiger partial charge < -0.3 is 10.1 Å². The van der Waals surface area contributed by atoms with E-state index in [2.05, 4.69) is 5.32 Å². The van der Waals surface area contributed by atoms with E-state index in [0.717, 1.165) is 10.6 Å². The first-order valence-corrected chi connectivity index (χ1v) is 9.65. The highest BCUT2D eigenvalue weighted by Gasteiger charge is 2.31. The molecule has 25 heavy (non-hydrogen) atoms. The van der Waals surface area contributed by atoms with Gasteiger partial charge in [-0.1, -0.05) is 29.8 Å². The molecule has 1 amide bonds. The van der Waals surface area contributed by atoms with Crippen LogP contribution in [0.5, 0.6) is 5.75 Å². The first-order valence-electron chi connectivity index (χ1n) is 7.43. The fraction of sp³-hybridized carbons (Fsp3) is 0.235. The fourth-order valence-corrected chi connectivity index (χ4v) is 3.72. The van der Waals surface area contributed by atoms with Gasteiger partial charge in [-0.05, 0) is 37.3 Å². The average Bonchev–Trinajstić information content (AvgIpc) is 2.55. The Labute approximate surface area is 152 Å². The molecule has 0 aliphatic carbocycles. The molecule has 1 atom stereocenters. The smallest absolute Gasteiger partial charge is 0.247 e. The van der Waals surface area contributed by atoms with Crippen LogP contribution in [0.15, 0.2) is 48.5 Å². The minimum Gasteiger partial charge on any atom is -0.495 e. The summed E-state index contributed by atoms with van der Waals surface area (Å²) in [7, 11) is -2.35. The summed E-state index contributed by atoms with van der Waals surface area (Å²) in [6.45, 7) is 1.50.